The number of nitrogens with zero attached hydrogens (tertiary/aromatic N) is 2. The molecule has 22 heavy (non-hydrogen) atoms. The molecule has 1 unspecified atom stereocenters. The molecule has 1 saturated heterocycles. The molecule has 0 radical (unpaired) electrons. The number of pyridine rings is 1. The van der Waals surface area contributed by atoms with Gasteiger partial charge in [0.1, 0.15) is 11.7 Å². The molecule has 3 aliphatic heterocycles. The van der Waals surface area contributed by atoms with Gasteiger partial charge in [0.15, 0.2) is 0 Å². The summed E-state index contributed by atoms with van der Waals surface area (Å²) in [5, 5.41) is 5.62. The van der Waals surface area contributed by atoms with E-state index < -0.39 is 6.04 Å². The van der Waals surface area contributed by atoms with Crippen molar-refractivity contribution in [3.05, 3.63) is 28.6 Å². The van der Waals surface area contributed by atoms with E-state index >= 15 is 0 Å². The van der Waals surface area contributed by atoms with Crippen molar-refractivity contribution in [3.8, 4) is 0 Å². The number of carbonyl (C=O) groups excluding carboxylic acids is 3. The molecule has 0 aliphatic carbocycles. The number of fused-ring (bicyclic) bond motifs is 3. The molecule has 4 heterocycles. The van der Waals surface area contributed by atoms with Crippen LogP contribution >= 0.6 is 0 Å². The highest BCUT2D eigenvalue weighted by molar-refractivity contribution is 6.04. The number of nitrogens with one attached hydrogen (secondary N) is 2. The fourth-order valence-electron chi connectivity index (χ4n) is 3.47. The fraction of sp³-hybridized carbons (Fsp3) is 0.467. The SMILES string of the molecule is O=C1CCC(N2Cc3c(ncc4c3CNCC4)C2=O)C(=O)N1. The second-order valence-electron chi connectivity index (χ2n) is 5.92. The molecule has 1 aromatic heterocycles. The van der Waals surface area contributed by atoms with E-state index in [1.54, 1.807) is 11.1 Å². The summed E-state index contributed by atoms with van der Waals surface area (Å²) in [5.74, 6) is -0.868. The van der Waals surface area contributed by atoms with Gasteiger partial charge in [-0.05, 0) is 30.5 Å². The first-order valence-corrected chi connectivity index (χ1v) is 7.50. The van der Waals surface area contributed by atoms with Gasteiger partial charge in [0.25, 0.3) is 5.91 Å². The molecule has 7 heteroatoms. The van der Waals surface area contributed by atoms with E-state index in [1.807, 2.05) is 0 Å². The molecular formula is C15H16N4O3. The summed E-state index contributed by atoms with van der Waals surface area (Å²) in [7, 11) is 0. The maximum Gasteiger partial charge on any atom is 0.273 e. The van der Waals surface area contributed by atoms with Crippen molar-refractivity contribution in [1.29, 1.82) is 0 Å². The Labute approximate surface area is 127 Å². The van der Waals surface area contributed by atoms with Crippen LogP contribution < -0.4 is 10.6 Å². The number of amides is 3. The summed E-state index contributed by atoms with van der Waals surface area (Å²) in [6, 6.07) is -0.577. The van der Waals surface area contributed by atoms with E-state index in [2.05, 4.69) is 15.6 Å². The lowest BCUT2D eigenvalue weighted by atomic mass is 9.97. The maximum atomic E-state index is 12.6. The third-order valence-corrected chi connectivity index (χ3v) is 4.64. The molecule has 1 fully saturated rings. The van der Waals surface area contributed by atoms with Gasteiger partial charge in [-0.25, -0.2) is 0 Å². The van der Waals surface area contributed by atoms with Crippen LogP contribution in [0.5, 0.6) is 0 Å². The number of aromatic nitrogens is 1. The molecule has 114 valence electrons. The van der Waals surface area contributed by atoms with Gasteiger partial charge < -0.3 is 10.2 Å². The van der Waals surface area contributed by atoms with Gasteiger partial charge in [0.05, 0.1) is 0 Å². The minimum absolute atomic E-state index is 0.210. The second-order valence-corrected chi connectivity index (χ2v) is 5.92. The van der Waals surface area contributed by atoms with Crippen molar-refractivity contribution < 1.29 is 14.4 Å². The highest BCUT2D eigenvalue weighted by Crippen LogP contribution is 2.31. The predicted molar refractivity (Wildman–Crippen MR) is 75.7 cm³/mol. The topological polar surface area (TPSA) is 91.4 Å². The molecule has 2 N–H and O–H groups in total. The molecule has 3 aliphatic rings. The minimum Gasteiger partial charge on any atom is -0.321 e. The third-order valence-electron chi connectivity index (χ3n) is 4.64. The number of rotatable bonds is 1. The molecule has 0 bridgehead atoms. The van der Waals surface area contributed by atoms with Crippen LogP contribution in [0, 0.1) is 0 Å². The Kier molecular flexibility index (Phi) is 2.97. The van der Waals surface area contributed by atoms with Gasteiger partial charge in [0.2, 0.25) is 11.8 Å². The molecule has 1 atom stereocenters. The van der Waals surface area contributed by atoms with Gasteiger partial charge in [-0.1, -0.05) is 0 Å². The van der Waals surface area contributed by atoms with E-state index in [4.69, 9.17) is 0 Å². The quantitative estimate of drug-likeness (QED) is 0.682. The standard InChI is InChI=1S/C15H16N4O3/c20-12-2-1-11(14(21)18-12)19-7-10-9-6-16-4-3-8(9)5-17-13(10)15(19)22/h5,11,16H,1-4,6-7H2,(H,18,20,21). The molecule has 3 amide bonds. The Morgan fingerprint density at radius 2 is 2.05 bits per heavy atom. The fourth-order valence-corrected chi connectivity index (χ4v) is 3.47. The third kappa shape index (κ3) is 1.93. The number of hydrogen-bond acceptors (Lipinski definition) is 5. The largest absolute Gasteiger partial charge is 0.321 e. The molecule has 0 spiro atoms. The van der Waals surface area contributed by atoms with Gasteiger partial charge >= 0.3 is 0 Å². The van der Waals surface area contributed by atoms with E-state index in [-0.39, 0.29) is 24.1 Å². The molecular weight excluding hydrogens is 284 g/mol. The Morgan fingerprint density at radius 3 is 2.86 bits per heavy atom. The van der Waals surface area contributed by atoms with Crippen molar-refractivity contribution in [3.63, 3.8) is 0 Å². The van der Waals surface area contributed by atoms with Gasteiger partial charge in [-0.15, -0.1) is 0 Å². The van der Waals surface area contributed by atoms with Crippen LogP contribution in [0.15, 0.2) is 6.20 Å². The zero-order valence-corrected chi connectivity index (χ0v) is 12.0. The second kappa shape index (κ2) is 4.88. The van der Waals surface area contributed by atoms with Crippen molar-refractivity contribution in [1.82, 2.24) is 20.5 Å². The van der Waals surface area contributed by atoms with Crippen LogP contribution in [0.4, 0.5) is 0 Å². The number of hydrogen-bond donors (Lipinski definition) is 2. The average molecular weight is 300 g/mol. The first-order valence-electron chi connectivity index (χ1n) is 7.50. The summed E-state index contributed by atoms with van der Waals surface area (Å²) in [5.41, 5.74) is 3.70. The first-order chi connectivity index (χ1) is 10.6. The minimum atomic E-state index is -0.577. The zero-order chi connectivity index (χ0) is 15.3. The van der Waals surface area contributed by atoms with Gasteiger partial charge in [-0.2, -0.15) is 0 Å². The van der Waals surface area contributed by atoms with E-state index in [0.29, 0.717) is 18.7 Å². The van der Waals surface area contributed by atoms with Crippen LogP contribution in [0.1, 0.15) is 40.0 Å². The molecule has 0 saturated carbocycles. The lowest BCUT2D eigenvalue weighted by Crippen LogP contribution is -2.52. The van der Waals surface area contributed by atoms with Crippen LogP contribution in [-0.4, -0.2) is 40.2 Å². The zero-order valence-electron chi connectivity index (χ0n) is 12.0. The van der Waals surface area contributed by atoms with Crippen molar-refractivity contribution in [2.45, 2.75) is 38.4 Å². The highest BCUT2D eigenvalue weighted by atomic mass is 16.2. The monoisotopic (exact) mass is 300 g/mol. The smallest absolute Gasteiger partial charge is 0.273 e. The number of imide groups is 1. The van der Waals surface area contributed by atoms with Gasteiger partial charge in [0, 0.05) is 31.3 Å². The van der Waals surface area contributed by atoms with E-state index in [0.717, 1.165) is 30.6 Å². The lowest BCUT2D eigenvalue weighted by Gasteiger charge is -2.29. The Balaban J connectivity index is 1.67. The molecule has 4 rings (SSSR count). The maximum absolute atomic E-state index is 12.6. The lowest BCUT2D eigenvalue weighted by molar-refractivity contribution is -0.136. The Morgan fingerprint density at radius 1 is 1.18 bits per heavy atom. The summed E-state index contributed by atoms with van der Waals surface area (Å²) in [6.07, 6.45) is 3.33. The highest BCUT2D eigenvalue weighted by Gasteiger charge is 2.41. The van der Waals surface area contributed by atoms with E-state index in [1.165, 1.54) is 5.56 Å². The average Bonchev–Trinajstić information content (AvgIpc) is 2.85. The number of piperidine rings is 1. The predicted octanol–water partition coefficient (Wildman–Crippen LogP) is -0.512. The first kappa shape index (κ1) is 13.4. The summed E-state index contributed by atoms with van der Waals surface area (Å²) in [6.45, 7) is 2.05. The van der Waals surface area contributed by atoms with Crippen LogP contribution in [0.3, 0.4) is 0 Å². The van der Waals surface area contributed by atoms with Crippen molar-refractivity contribution in [2.75, 3.05) is 6.54 Å². The van der Waals surface area contributed by atoms with E-state index in [9.17, 15) is 14.4 Å². The molecule has 1 aromatic rings. The summed E-state index contributed by atoms with van der Waals surface area (Å²) in [4.78, 5) is 41.7. The van der Waals surface area contributed by atoms with Gasteiger partial charge in [-0.3, -0.25) is 24.7 Å². The van der Waals surface area contributed by atoms with Crippen LogP contribution in [0.25, 0.3) is 0 Å². The summed E-state index contributed by atoms with van der Waals surface area (Å²) < 4.78 is 0. The van der Waals surface area contributed by atoms with Crippen LogP contribution in [-0.2, 0) is 29.1 Å². The number of carbonyl (C=O) groups is 3. The van der Waals surface area contributed by atoms with Crippen molar-refractivity contribution >= 4 is 17.7 Å². The normalized spacial score (nSPS) is 24.1. The van der Waals surface area contributed by atoms with Crippen molar-refractivity contribution in [2.24, 2.45) is 0 Å². The van der Waals surface area contributed by atoms with Crippen LogP contribution in [0.2, 0.25) is 0 Å². The molecule has 7 nitrogen and oxygen atoms in total. The Bertz CT molecular complexity index is 700. The summed E-state index contributed by atoms with van der Waals surface area (Å²) >= 11 is 0. The Hall–Kier alpha value is -2.28. The molecule has 0 aromatic carbocycles.